The summed E-state index contributed by atoms with van der Waals surface area (Å²) >= 11 is 1.76. The van der Waals surface area contributed by atoms with Crippen molar-refractivity contribution in [3.63, 3.8) is 0 Å². The van der Waals surface area contributed by atoms with E-state index in [0.717, 1.165) is 55.9 Å². The number of hydrogen-bond acceptors (Lipinski definition) is 6. The quantitative estimate of drug-likeness (QED) is 0.941. The van der Waals surface area contributed by atoms with Crippen molar-refractivity contribution in [2.75, 3.05) is 38.2 Å². The van der Waals surface area contributed by atoms with E-state index >= 15 is 0 Å². The number of anilines is 1. The van der Waals surface area contributed by atoms with Gasteiger partial charge in [0.05, 0.1) is 25.1 Å². The van der Waals surface area contributed by atoms with E-state index in [1.165, 1.54) is 15.8 Å². The lowest BCUT2D eigenvalue weighted by molar-refractivity contribution is 0.0331. The first-order valence-corrected chi connectivity index (χ1v) is 8.31. The van der Waals surface area contributed by atoms with Crippen LogP contribution in [0.5, 0.6) is 0 Å². The van der Waals surface area contributed by atoms with Crippen molar-refractivity contribution in [1.82, 2.24) is 14.9 Å². The number of aromatic nitrogens is 2. The van der Waals surface area contributed by atoms with Crippen molar-refractivity contribution >= 4 is 27.4 Å². The number of aryl methyl sites for hydroxylation is 2. The molecule has 0 bridgehead atoms. The van der Waals surface area contributed by atoms with E-state index in [1.54, 1.807) is 11.3 Å². The van der Waals surface area contributed by atoms with E-state index in [2.05, 4.69) is 31.0 Å². The third kappa shape index (κ3) is 3.02. The molecule has 3 heterocycles. The first kappa shape index (κ1) is 14.7. The molecule has 1 aliphatic heterocycles. The molecule has 0 aliphatic carbocycles. The monoisotopic (exact) mass is 306 g/mol. The summed E-state index contributed by atoms with van der Waals surface area (Å²) in [6, 6.07) is 0. The molecule has 1 fully saturated rings. The lowest BCUT2D eigenvalue weighted by atomic mass is 10.2. The number of fused-ring (bicyclic) bond motifs is 1. The Morgan fingerprint density at radius 3 is 2.71 bits per heavy atom. The molecule has 21 heavy (non-hydrogen) atoms. The van der Waals surface area contributed by atoms with Crippen LogP contribution in [0.25, 0.3) is 10.2 Å². The molecule has 0 spiro atoms. The molecule has 0 radical (unpaired) electrons. The molecule has 0 saturated carbocycles. The highest BCUT2D eigenvalue weighted by molar-refractivity contribution is 7.18. The average Bonchev–Trinajstić information content (AvgIpc) is 2.75. The van der Waals surface area contributed by atoms with Gasteiger partial charge in [-0.2, -0.15) is 0 Å². The van der Waals surface area contributed by atoms with Crippen molar-refractivity contribution < 1.29 is 4.74 Å². The number of morpholine rings is 1. The standard InChI is InChI=1S/C15H22N4OS/c1-4-16-14-13-10(2)11(3)21-15(13)18-12(17-14)9-19-5-7-20-8-6-19/h4-9H2,1-3H3,(H,16,17,18). The Labute approximate surface area is 129 Å². The Kier molecular flexibility index (Phi) is 4.37. The number of thiophene rings is 1. The van der Waals surface area contributed by atoms with Crippen molar-refractivity contribution in [3.05, 3.63) is 16.3 Å². The predicted octanol–water partition coefficient (Wildman–Crippen LogP) is 2.57. The van der Waals surface area contributed by atoms with Crippen LogP contribution in [0.4, 0.5) is 5.82 Å². The van der Waals surface area contributed by atoms with Crippen LogP contribution in [0.2, 0.25) is 0 Å². The van der Waals surface area contributed by atoms with Gasteiger partial charge >= 0.3 is 0 Å². The summed E-state index contributed by atoms with van der Waals surface area (Å²) < 4.78 is 5.40. The molecule has 114 valence electrons. The SMILES string of the molecule is CCNc1nc(CN2CCOCC2)nc2sc(C)c(C)c12. The normalized spacial score (nSPS) is 16.5. The van der Waals surface area contributed by atoms with Crippen LogP contribution < -0.4 is 5.32 Å². The molecule has 0 unspecified atom stereocenters. The Morgan fingerprint density at radius 2 is 2.00 bits per heavy atom. The van der Waals surface area contributed by atoms with Crippen LogP contribution in [0, 0.1) is 13.8 Å². The van der Waals surface area contributed by atoms with Crippen molar-refractivity contribution in [2.45, 2.75) is 27.3 Å². The lowest BCUT2D eigenvalue weighted by Crippen LogP contribution is -2.36. The summed E-state index contributed by atoms with van der Waals surface area (Å²) in [7, 11) is 0. The van der Waals surface area contributed by atoms with Gasteiger partial charge in [-0.25, -0.2) is 9.97 Å². The first-order valence-electron chi connectivity index (χ1n) is 7.49. The second kappa shape index (κ2) is 6.25. The summed E-state index contributed by atoms with van der Waals surface area (Å²) in [5.74, 6) is 1.88. The Bertz CT molecular complexity index is 634. The van der Waals surface area contributed by atoms with Gasteiger partial charge in [-0.15, -0.1) is 11.3 Å². The minimum Gasteiger partial charge on any atom is -0.379 e. The Morgan fingerprint density at radius 1 is 1.24 bits per heavy atom. The minimum atomic E-state index is 0.799. The first-order chi connectivity index (χ1) is 10.2. The second-order valence-corrected chi connectivity index (χ2v) is 6.57. The molecule has 0 aromatic carbocycles. The number of rotatable bonds is 4. The maximum absolute atomic E-state index is 5.40. The van der Waals surface area contributed by atoms with E-state index in [-0.39, 0.29) is 0 Å². The fourth-order valence-corrected chi connectivity index (χ4v) is 3.67. The fourth-order valence-electron chi connectivity index (χ4n) is 2.62. The van der Waals surface area contributed by atoms with E-state index in [1.807, 2.05) is 0 Å². The van der Waals surface area contributed by atoms with Crippen molar-refractivity contribution in [1.29, 1.82) is 0 Å². The zero-order chi connectivity index (χ0) is 14.8. The smallest absolute Gasteiger partial charge is 0.146 e. The molecule has 1 saturated heterocycles. The molecular weight excluding hydrogens is 284 g/mol. The predicted molar refractivity (Wildman–Crippen MR) is 87.1 cm³/mol. The zero-order valence-electron chi connectivity index (χ0n) is 12.9. The Balaban J connectivity index is 1.95. The number of nitrogens with zero attached hydrogens (tertiary/aromatic N) is 3. The zero-order valence-corrected chi connectivity index (χ0v) is 13.7. The second-order valence-electron chi connectivity index (χ2n) is 5.37. The maximum Gasteiger partial charge on any atom is 0.146 e. The third-order valence-corrected chi connectivity index (χ3v) is 4.99. The van der Waals surface area contributed by atoms with Gasteiger partial charge in [0.1, 0.15) is 16.5 Å². The minimum absolute atomic E-state index is 0.799. The molecule has 1 N–H and O–H groups in total. The van der Waals surface area contributed by atoms with Gasteiger partial charge in [0, 0.05) is 24.5 Å². The average molecular weight is 306 g/mol. The van der Waals surface area contributed by atoms with Gasteiger partial charge in [0.15, 0.2) is 0 Å². The van der Waals surface area contributed by atoms with Gasteiger partial charge in [-0.1, -0.05) is 0 Å². The molecule has 5 nitrogen and oxygen atoms in total. The molecule has 0 atom stereocenters. The summed E-state index contributed by atoms with van der Waals surface area (Å²) in [6.07, 6.45) is 0. The third-order valence-electron chi connectivity index (χ3n) is 3.89. The van der Waals surface area contributed by atoms with E-state index in [4.69, 9.17) is 14.7 Å². The van der Waals surface area contributed by atoms with Crippen LogP contribution >= 0.6 is 11.3 Å². The van der Waals surface area contributed by atoms with Crippen molar-refractivity contribution in [2.24, 2.45) is 0 Å². The van der Waals surface area contributed by atoms with E-state index < -0.39 is 0 Å². The summed E-state index contributed by atoms with van der Waals surface area (Å²) in [5.41, 5.74) is 1.30. The van der Waals surface area contributed by atoms with Gasteiger partial charge in [-0.3, -0.25) is 4.90 Å². The van der Waals surface area contributed by atoms with Crippen LogP contribution in [0.3, 0.4) is 0 Å². The van der Waals surface area contributed by atoms with Gasteiger partial charge in [0.2, 0.25) is 0 Å². The molecule has 2 aromatic rings. The molecule has 3 rings (SSSR count). The van der Waals surface area contributed by atoms with Crippen LogP contribution in [-0.2, 0) is 11.3 Å². The fraction of sp³-hybridized carbons (Fsp3) is 0.600. The highest BCUT2D eigenvalue weighted by Gasteiger charge is 2.17. The number of nitrogens with one attached hydrogen (secondary N) is 1. The van der Waals surface area contributed by atoms with Crippen LogP contribution in [0.15, 0.2) is 0 Å². The van der Waals surface area contributed by atoms with Gasteiger partial charge < -0.3 is 10.1 Å². The molecule has 6 heteroatoms. The maximum atomic E-state index is 5.40. The summed E-state index contributed by atoms with van der Waals surface area (Å²) in [4.78, 5) is 14.3. The van der Waals surface area contributed by atoms with Crippen LogP contribution in [-0.4, -0.2) is 47.7 Å². The molecule has 1 aliphatic rings. The topological polar surface area (TPSA) is 50.3 Å². The highest BCUT2D eigenvalue weighted by Crippen LogP contribution is 2.33. The number of hydrogen-bond donors (Lipinski definition) is 1. The van der Waals surface area contributed by atoms with Crippen LogP contribution in [0.1, 0.15) is 23.2 Å². The van der Waals surface area contributed by atoms with Gasteiger partial charge in [-0.05, 0) is 26.3 Å². The van der Waals surface area contributed by atoms with E-state index in [9.17, 15) is 0 Å². The van der Waals surface area contributed by atoms with Gasteiger partial charge in [0.25, 0.3) is 0 Å². The van der Waals surface area contributed by atoms with Crippen molar-refractivity contribution in [3.8, 4) is 0 Å². The molecule has 0 amide bonds. The van der Waals surface area contributed by atoms with E-state index in [0.29, 0.717) is 0 Å². The summed E-state index contributed by atoms with van der Waals surface area (Å²) in [5, 5.41) is 4.58. The highest BCUT2D eigenvalue weighted by atomic mass is 32.1. The molecule has 2 aromatic heterocycles. The lowest BCUT2D eigenvalue weighted by Gasteiger charge is -2.25. The largest absolute Gasteiger partial charge is 0.379 e. The molecular formula is C15H22N4OS. The summed E-state index contributed by atoms with van der Waals surface area (Å²) in [6.45, 7) is 11.6. The Hall–Kier alpha value is -1.24. The number of ether oxygens (including phenoxy) is 1.